The zero-order valence-electron chi connectivity index (χ0n) is 24.7. The number of carboxylic acids is 1. The molecule has 7 nitrogen and oxygen atoms in total. The van der Waals surface area contributed by atoms with Crippen molar-refractivity contribution in [3.8, 4) is 6.07 Å². The molecule has 1 heterocycles. The van der Waals surface area contributed by atoms with Crippen molar-refractivity contribution in [2.75, 3.05) is 22.9 Å². The molecule has 0 spiro atoms. The van der Waals surface area contributed by atoms with Gasteiger partial charge in [0.05, 0.1) is 23.1 Å². The molecule has 1 fully saturated rings. The van der Waals surface area contributed by atoms with Crippen molar-refractivity contribution in [1.29, 1.82) is 5.26 Å². The van der Waals surface area contributed by atoms with Crippen LogP contribution in [0.15, 0.2) is 42.6 Å². The Kier molecular flexibility index (Phi) is 9.00. The van der Waals surface area contributed by atoms with Crippen LogP contribution in [0.1, 0.15) is 72.4 Å². The second-order valence-electron chi connectivity index (χ2n) is 11.9. The van der Waals surface area contributed by atoms with Crippen LogP contribution in [0.5, 0.6) is 0 Å². The monoisotopic (exact) mass is 593 g/mol. The second-order valence-corrected chi connectivity index (χ2v) is 11.9. The summed E-state index contributed by atoms with van der Waals surface area (Å²) in [6.45, 7) is 4.32. The highest BCUT2D eigenvalue weighted by Crippen LogP contribution is 2.36. The number of carbonyl (C=O) groups is 1. The Bertz CT molecular complexity index is 1500. The highest BCUT2D eigenvalue weighted by atomic mass is 19.4. The summed E-state index contributed by atoms with van der Waals surface area (Å²) in [4.78, 5) is 15.8. The van der Waals surface area contributed by atoms with Gasteiger partial charge in [0.1, 0.15) is 0 Å². The molecule has 43 heavy (non-hydrogen) atoms. The topological polar surface area (TPSA) is 85.4 Å². The SMILES string of the molecule is CCN(C[C@H]1CC[C@H](C(=O)O)CC1)c1cc2c(cc1CN(Cc1cc(C#N)cc(C(F)(F)F)c1)c1ccn(C)n1)CCC2. The van der Waals surface area contributed by atoms with Crippen molar-refractivity contribution in [3.63, 3.8) is 0 Å². The number of anilines is 2. The molecular formula is C33H38F3N5O2. The third kappa shape index (κ3) is 7.15. The molecule has 1 saturated carbocycles. The van der Waals surface area contributed by atoms with E-state index in [4.69, 9.17) is 0 Å². The minimum Gasteiger partial charge on any atom is -0.481 e. The largest absolute Gasteiger partial charge is 0.481 e. The van der Waals surface area contributed by atoms with Crippen LogP contribution in [0.4, 0.5) is 24.7 Å². The lowest BCUT2D eigenvalue weighted by atomic mass is 9.81. The first kappa shape index (κ1) is 30.5. The number of benzene rings is 2. The number of aromatic nitrogens is 2. The van der Waals surface area contributed by atoms with Crippen molar-refractivity contribution in [2.24, 2.45) is 18.9 Å². The molecule has 2 aliphatic rings. The fourth-order valence-corrected chi connectivity index (χ4v) is 6.61. The number of alkyl halides is 3. The van der Waals surface area contributed by atoms with Crippen molar-refractivity contribution in [2.45, 2.75) is 71.1 Å². The molecule has 0 bridgehead atoms. The summed E-state index contributed by atoms with van der Waals surface area (Å²) in [5.74, 6) is 0.0770. The summed E-state index contributed by atoms with van der Waals surface area (Å²) in [7, 11) is 1.80. The smallest absolute Gasteiger partial charge is 0.416 e. The van der Waals surface area contributed by atoms with Gasteiger partial charge in [-0.15, -0.1) is 0 Å². The Morgan fingerprint density at radius 2 is 1.79 bits per heavy atom. The maximum Gasteiger partial charge on any atom is 0.416 e. The first-order valence-corrected chi connectivity index (χ1v) is 15.0. The van der Waals surface area contributed by atoms with Crippen molar-refractivity contribution < 1.29 is 23.1 Å². The number of hydrogen-bond acceptors (Lipinski definition) is 5. The van der Waals surface area contributed by atoms with E-state index in [2.05, 4.69) is 29.1 Å². The highest BCUT2D eigenvalue weighted by Gasteiger charge is 2.32. The quantitative estimate of drug-likeness (QED) is 0.281. The predicted octanol–water partition coefficient (Wildman–Crippen LogP) is 6.72. The summed E-state index contributed by atoms with van der Waals surface area (Å²) in [6, 6.07) is 11.8. The van der Waals surface area contributed by atoms with E-state index in [1.54, 1.807) is 11.7 Å². The Balaban J connectivity index is 1.48. The minimum atomic E-state index is -4.56. The molecule has 0 atom stereocenters. The molecule has 5 rings (SSSR count). The molecule has 228 valence electrons. The van der Waals surface area contributed by atoms with E-state index in [1.165, 1.54) is 17.2 Å². The predicted molar refractivity (Wildman–Crippen MR) is 159 cm³/mol. The van der Waals surface area contributed by atoms with Crippen LogP contribution in [0.3, 0.4) is 0 Å². The lowest BCUT2D eigenvalue weighted by Crippen LogP contribution is -2.34. The molecular weight excluding hydrogens is 555 g/mol. The molecule has 2 aliphatic carbocycles. The lowest BCUT2D eigenvalue weighted by Gasteiger charge is -2.34. The molecule has 0 amide bonds. The Labute approximate surface area is 250 Å². The van der Waals surface area contributed by atoms with Gasteiger partial charge in [-0.05, 0) is 104 Å². The number of hydrogen-bond donors (Lipinski definition) is 1. The van der Waals surface area contributed by atoms with Crippen LogP contribution in [-0.2, 0) is 43.9 Å². The van der Waals surface area contributed by atoms with Crippen LogP contribution in [-0.4, -0.2) is 33.9 Å². The Morgan fingerprint density at radius 1 is 1.07 bits per heavy atom. The summed E-state index contributed by atoms with van der Waals surface area (Å²) in [5.41, 5.74) is 4.37. The van der Waals surface area contributed by atoms with Gasteiger partial charge in [0.15, 0.2) is 5.82 Å². The zero-order valence-corrected chi connectivity index (χ0v) is 24.7. The minimum absolute atomic E-state index is 0.0289. The number of fused-ring (bicyclic) bond motifs is 1. The van der Waals surface area contributed by atoms with E-state index < -0.39 is 17.7 Å². The first-order chi connectivity index (χ1) is 20.5. The maximum atomic E-state index is 13.7. The molecule has 1 aromatic heterocycles. The molecule has 2 aromatic carbocycles. The van der Waals surface area contributed by atoms with Gasteiger partial charge < -0.3 is 14.9 Å². The van der Waals surface area contributed by atoms with E-state index >= 15 is 0 Å². The van der Waals surface area contributed by atoms with Gasteiger partial charge in [0.25, 0.3) is 0 Å². The van der Waals surface area contributed by atoms with E-state index in [-0.39, 0.29) is 18.0 Å². The summed E-state index contributed by atoms with van der Waals surface area (Å²) >= 11 is 0. The lowest BCUT2D eigenvalue weighted by molar-refractivity contribution is -0.143. The molecule has 3 aromatic rings. The number of aliphatic carboxylic acids is 1. The van der Waals surface area contributed by atoms with E-state index in [1.807, 2.05) is 23.2 Å². The summed E-state index contributed by atoms with van der Waals surface area (Å²) < 4.78 is 42.7. The van der Waals surface area contributed by atoms with Gasteiger partial charge in [0.2, 0.25) is 0 Å². The second kappa shape index (κ2) is 12.7. The van der Waals surface area contributed by atoms with Crippen molar-refractivity contribution >= 4 is 17.5 Å². The third-order valence-electron chi connectivity index (χ3n) is 8.90. The van der Waals surface area contributed by atoms with Gasteiger partial charge in [-0.2, -0.15) is 23.5 Å². The van der Waals surface area contributed by atoms with Gasteiger partial charge in [-0.1, -0.05) is 6.07 Å². The van der Waals surface area contributed by atoms with Crippen molar-refractivity contribution in [3.05, 3.63) is 76.0 Å². The molecule has 0 unspecified atom stereocenters. The van der Waals surface area contributed by atoms with Gasteiger partial charge in [0, 0.05) is 51.2 Å². The average molecular weight is 594 g/mol. The number of carboxylic acid groups (broad SMARTS) is 1. The zero-order chi connectivity index (χ0) is 30.7. The van der Waals surface area contributed by atoms with Gasteiger partial charge in [-0.3, -0.25) is 9.48 Å². The van der Waals surface area contributed by atoms with E-state index in [0.29, 0.717) is 36.7 Å². The van der Waals surface area contributed by atoms with Crippen LogP contribution < -0.4 is 9.80 Å². The number of halogens is 3. The average Bonchev–Trinajstić information content (AvgIpc) is 3.63. The van der Waals surface area contributed by atoms with Crippen LogP contribution in [0.25, 0.3) is 0 Å². The molecule has 10 heteroatoms. The normalized spacial score (nSPS) is 18.2. The van der Waals surface area contributed by atoms with E-state index in [9.17, 15) is 28.3 Å². The van der Waals surface area contributed by atoms with Crippen LogP contribution >= 0.6 is 0 Å². The van der Waals surface area contributed by atoms with Gasteiger partial charge >= 0.3 is 12.1 Å². The fraction of sp³-hybridized carbons (Fsp3) is 0.485. The van der Waals surface area contributed by atoms with Crippen LogP contribution in [0, 0.1) is 23.2 Å². The Hall–Kier alpha value is -4.00. The third-order valence-corrected chi connectivity index (χ3v) is 8.90. The number of rotatable bonds is 10. The number of aryl methyl sites for hydroxylation is 3. The molecule has 1 N–H and O–H groups in total. The van der Waals surface area contributed by atoms with Gasteiger partial charge in [-0.25, -0.2) is 0 Å². The first-order valence-electron chi connectivity index (χ1n) is 15.0. The standard InChI is InChI=1S/C33H38F3N5O2/c1-3-40(19-22-7-9-25(10-8-22)32(42)43)30-17-27-6-4-5-26(27)16-28(30)21-41(31-11-12-39(2)38-31)20-24-13-23(18-37)14-29(15-24)33(34,35)36/h11-17,22,25H,3-10,19-21H2,1-2H3,(H,42,43)/t22-,25-. The maximum absolute atomic E-state index is 13.7. The fourth-order valence-electron chi connectivity index (χ4n) is 6.61. The number of nitriles is 1. The Morgan fingerprint density at radius 3 is 2.40 bits per heavy atom. The van der Waals surface area contributed by atoms with E-state index in [0.717, 1.165) is 68.6 Å². The number of nitrogens with zero attached hydrogens (tertiary/aromatic N) is 5. The summed E-state index contributed by atoms with van der Waals surface area (Å²) in [5, 5.41) is 23.5. The van der Waals surface area contributed by atoms with Crippen molar-refractivity contribution in [1.82, 2.24) is 9.78 Å². The molecule has 0 radical (unpaired) electrons. The molecule has 0 saturated heterocycles. The molecule has 0 aliphatic heterocycles. The van der Waals surface area contributed by atoms with Crippen LogP contribution in [0.2, 0.25) is 0 Å². The highest BCUT2D eigenvalue weighted by molar-refractivity contribution is 5.70. The summed E-state index contributed by atoms with van der Waals surface area (Å²) in [6.07, 6.45) is 3.52.